The zero-order valence-corrected chi connectivity index (χ0v) is 23.4. The highest BCUT2D eigenvalue weighted by atomic mass is 15.3. The summed E-state index contributed by atoms with van der Waals surface area (Å²) in [7, 11) is 0. The molecule has 4 aromatic rings. The van der Waals surface area contributed by atoms with Crippen LogP contribution in [0.1, 0.15) is 45.9 Å². The Bertz CT molecular complexity index is 1350. The summed E-state index contributed by atoms with van der Waals surface area (Å²) in [6.07, 6.45) is 5.71. The Balaban J connectivity index is 1.38. The predicted molar refractivity (Wildman–Crippen MR) is 157 cm³/mol. The van der Waals surface area contributed by atoms with Crippen molar-refractivity contribution in [2.75, 3.05) is 26.2 Å². The third-order valence-corrected chi connectivity index (χ3v) is 7.42. The molecule has 4 heterocycles. The van der Waals surface area contributed by atoms with Gasteiger partial charge in [-0.2, -0.15) is 0 Å². The number of benzene rings is 1. The lowest BCUT2D eigenvalue weighted by atomic mass is 9.89. The van der Waals surface area contributed by atoms with E-state index >= 15 is 0 Å². The summed E-state index contributed by atoms with van der Waals surface area (Å²) >= 11 is 0. The number of hydrogen-bond acceptors (Lipinski definition) is 5. The van der Waals surface area contributed by atoms with Crippen molar-refractivity contribution in [1.82, 2.24) is 24.8 Å². The minimum Gasteiger partial charge on any atom is -0.298 e. The first-order valence-corrected chi connectivity index (χ1v) is 13.7. The van der Waals surface area contributed by atoms with E-state index in [-0.39, 0.29) is 5.41 Å². The summed E-state index contributed by atoms with van der Waals surface area (Å²) < 4.78 is 0. The molecule has 0 unspecified atom stereocenters. The van der Waals surface area contributed by atoms with E-state index in [0.29, 0.717) is 6.04 Å². The van der Waals surface area contributed by atoms with E-state index in [0.717, 1.165) is 66.5 Å². The summed E-state index contributed by atoms with van der Waals surface area (Å²) in [6, 6.07) is 22.1. The summed E-state index contributed by atoms with van der Waals surface area (Å²) in [5.74, 6) is 0. The summed E-state index contributed by atoms with van der Waals surface area (Å²) in [6.45, 7) is 16.7. The van der Waals surface area contributed by atoms with Crippen LogP contribution < -0.4 is 0 Å². The Kier molecular flexibility index (Phi) is 7.68. The van der Waals surface area contributed by atoms with Gasteiger partial charge in [-0.3, -0.25) is 24.8 Å². The van der Waals surface area contributed by atoms with E-state index in [1.807, 2.05) is 36.8 Å². The molecule has 0 amide bonds. The fraction of sp³-hybridized carbons (Fsp3) is 0.364. The number of hydrogen-bond donors (Lipinski definition) is 0. The molecule has 1 aromatic carbocycles. The molecule has 1 fully saturated rings. The van der Waals surface area contributed by atoms with Gasteiger partial charge in [0, 0.05) is 79.6 Å². The Morgan fingerprint density at radius 3 is 2.11 bits per heavy atom. The first kappa shape index (κ1) is 26.2. The number of rotatable bonds is 6. The van der Waals surface area contributed by atoms with Crippen molar-refractivity contribution in [3.05, 3.63) is 90.5 Å². The smallest absolute Gasteiger partial charge is 0.0895 e. The van der Waals surface area contributed by atoms with Crippen molar-refractivity contribution in [1.29, 1.82) is 0 Å². The quantitative estimate of drug-likeness (QED) is 0.292. The molecule has 5 rings (SSSR count). The second kappa shape index (κ2) is 11.1. The van der Waals surface area contributed by atoms with Gasteiger partial charge in [-0.25, -0.2) is 0 Å². The molecule has 1 aliphatic heterocycles. The van der Waals surface area contributed by atoms with Gasteiger partial charge in [0.05, 0.1) is 11.4 Å². The molecule has 1 saturated heterocycles. The monoisotopic (exact) mass is 505 g/mol. The SMILES string of the molecule is CC(C)N1CCN(Cc2ccc(-c3cncc(-c4cc(-c5ccccn5)nc(C(C)(C)C)c4)c3)cc2)CC1. The van der Waals surface area contributed by atoms with Gasteiger partial charge in [-0.1, -0.05) is 51.1 Å². The van der Waals surface area contributed by atoms with Crippen LogP contribution in [0.15, 0.2) is 79.3 Å². The highest BCUT2D eigenvalue weighted by Crippen LogP contribution is 2.32. The van der Waals surface area contributed by atoms with E-state index in [4.69, 9.17) is 4.98 Å². The second-order valence-electron chi connectivity index (χ2n) is 11.7. The van der Waals surface area contributed by atoms with E-state index in [1.165, 1.54) is 11.1 Å². The summed E-state index contributed by atoms with van der Waals surface area (Å²) in [5.41, 5.74) is 8.58. The molecule has 0 radical (unpaired) electrons. The van der Waals surface area contributed by atoms with E-state index in [1.54, 1.807) is 0 Å². The lowest BCUT2D eigenvalue weighted by Gasteiger charge is -2.36. The number of pyridine rings is 3. The number of nitrogens with zero attached hydrogens (tertiary/aromatic N) is 5. The molecule has 0 N–H and O–H groups in total. The molecule has 1 aliphatic rings. The Labute approximate surface area is 227 Å². The Hall–Kier alpha value is -3.41. The van der Waals surface area contributed by atoms with Crippen LogP contribution in [0.4, 0.5) is 0 Å². The molecular formula is C33H39N5. The van der Waals surface area contributed by atoms with E-state index < -0.39 is 0 Å². The zero-order valence-electron chi connectivity index (χ0n) is 23.4. The van der Waals surface area contributed by atoms with Crippen LogP contribution in [0.5, 0.6) is 0 Å². The number of piperazine rings is 1. The predicted octanol–water partition coefficient (Wildman–Crippen LogP) is 6.70. The van der Waals surface area contributed by atoms with Gasteiger partial charge in [0.1, 0.15) is 0 Å². The molecule has 196 valence electrons. The van der Waals surface area contributed by atoms with Gasteiger partial charge in [-0.05, 0) is 60.9 Å². The van der Waals surface area contributed by atoms with Crippen LogP contribution in [0.2, 0.25) is 0 Å². The van der Waals surface area contributed by atoms with Crippen molar-refractivity contribution < 1.29 is 0 Å². The van der Waals surface area contributed by atoms with Gasteiger partial charge >= 0.3 is 0 Å². The van der Waals surface area contributed by atoms with Crippen molar-refractivity contribution in [3.63, 3.8) is 0 Å². The molecular weight excluding hydrogens is 466 g/mol. The Morgan fingerprint density at radius 1 is 0.763 bits per heavy atom. The second-order valence-corrected chi connectivity index (χ2v) is 11.7. The first-order valence-electron chi connectivity index (χ1n) is 13.7. The van der Waals surface area contributed by atoms with Gasteiger partial charge < -0.3 is 0 Å². The van der Waals surface area contributed by atoms with Crippen molar-refractivity contribution >= 4 is 0 Å². The molecule has 0 atom stereocenters. The first-order chi connectivity index (χ1) is 18.3. The lowest BCUT2D eigenvalue weighted by molar-refractivity contribution is 0.104. The third kappa shape index (κ3) is 6.17. The maximum Gasteiger partial charge on any atom is 0.0895 e. The minimum atomic E-state index is -0.0815. The maximum absolute atomic E-state index is 4.96. The normalized spacial score (nSPS) is 15.2. The minimum absolute atomic E-state index is 0.0815. The van der Waals surface area contributed by atoms with Crippen LogP contribution >= 0.6 is 0 Å². The molecule has 5 nitrogen and oxygen atoms in total. The average molecular weight is 506 g/mol. The summed E-state index contributed by atoms with van der Waals surface area (Å²) in [4.78, 5) is 19.3. The highest BCUT2D eigenvalue weighted by Gasteiger charge is 2.20. The molecule has 0 saturated carbocycles. The lowest BCUT2D eigenvalue weighted by Crippen LogP contribution is -2.48. The maximum atomic E-state index is 4.96. The fourth-order valence-electron chi connectivity index (χ4n) is 4.98. The van der Waals surface area contributed by atoms with Crippen LogP contribution in [-0.2, 0) is 12.0 Å². The zero-order chi connectivity index (χ0) is 26.7. The van der Waals surface area contributed by atoms with Crippen molar-refractivity contribution in [2.45, 2.75) is 52.6 Å². The van der Waals surface area contributed by atoms with E-state index in [9.17, 15) is 0 Å². The van der Waals surface area contributed by atoms with Crippen LogP contribution in [-0.4, -0.2) is 57.0 Å². The molecule has 0 bridgehead atoms. The van der Waals surface area contributed by atoms with Crippen LogP contribution in [0, 0.1) is 0 Å². The molecule has 0 aliphatic carbocycles. The largest absolute Gasteiger partial charge is 0.298 e. The Morgan fingerprint density at radius 2 is 1.47 bits per heavy atom. The third-order valence-electron chi connectivity index (χ3n) is 7.42. The van der Waals surface area contributed by atoms with Crippen LogP contribution in [0.3, 0.4) is 0 Å². The average Bonchev–Trinajstić information content (AvgIpc) is 2.93. The summed E-state index contributed by atoms with van der Waals surface area (Å²) in [5, 5.41) is 0. The molecule has 0 spiro atoms. The van der Waals surface area contributed by atoms with Gasteiger partial charge in [0.15, 0.2) is 0 Å². The van der Waals surface area contributed by atoms with E-state index in [2.05, 4.69) is 96.9 Å². The van der Waals surface area contributed by atoms with Gasteiger partial charge in [0.2, 0.25) is 0 Å². The molecule has 5 heteroatoms. The van der Waals surface area contributed by atoms with Gasteiger partial charge in [-0.15, -0.1) is 0 Å². The number of aromatic nitrogens is 3. The molecule has 38 heavy (non-hydrogen) atoms. The highest BCUT2D eigenvalue weighted by molar-refractivity contribution is 5.74. The standard InChI is InChI=1S/C33H39N5/c1-24(2)38-16-14-37(15-17-38)23-25-9-11-26(12-10-25)28-18-29(22-34-21-28)27-19-31(30-8-6-7-13-35-30)36-32(20-27)33(3,4)5/h6-13,18-22,24H,14-17,23H2,1-5H3. The fourth-order valence-corrected chi connectivity index (χ4v) is 4.98. The van der Waals surface area contributed by atoms with Gasteiger partial charge in [0.25, 0.3) is 0 Å². The molecule has 3 aromatic heterocycles. The van der Waals surface area contributed by atoms with Crippen molar-refractivity contribution in [3.8, 4) is 33.6 Å². The van der Waals surface area contributed by atoms with Crippen LogP contribution in [0.25, 0.3) is 33.6 Å². The topological polar surface area (TPSA) is 45.2 Å². The van der Waals surface area contributed by atoms with Crippen molar-refractivity contribution in [2.24, 2.45) is 0 Å².